The molecule has 0 heterocycles. The molecule has 0 unspecified atom stereocenters. The molecule has 0 aromatic heterocycles. The predicted molar refractivity (Wildman–Crippen MR) is 96.2 cm³/mol. The van der Waals surface area contributed by atoms with Gasteiger partial charge in [0.25, 0.3) is 0 Å². The first-order valence-corrected chi connectivity index (χ1v) is 9.42. The second-order valence-corrected chi connectivity index (χ2v) is 6.80. The summed E-state index contributed by atoms with van der Waals surface area (Å²) in [5.74, 6) is 0.992. The van der Waals surface area contributed by atoms with Gasteiger partial charge in [0, 0.05) is 4.47 Å². The molecule has 0 bridgehead atoms. The molecule has 0 aliphatic rings. The van der Waals surface area contributed by atoms with E-state index in [1.165, 1.54) is 69.8 Å². The number of hydrogen-bond acceptors (Lipinski definition) is 1. The molecule has 0 aliphatic heterocycles. The van der Waals surface area contributed by atoms with Gasteiger partial charge in [-0.3, -0.25) is 0 Å². The van der Waals surface area contributed by atoms with Crippen LogP contribution < -0.4 is 4.74 Å². The van der Waals surface area contributed by atoms with Crippen molar-refractivity contribution in [1.82, 2.24) is 0 Å². The van der Waals surface area contributed by atoms with Crippen LogP contribution in [0.15, 0.2) is 22.7 Å². The maximum Gasteiger partial charge on any atom is 0.119 e. The van der Waals surface area contributed by atoms with Gasteiger partial charge >= 0.3 is 0 Å². The average Bonchev–Trinajstić information content (AvgIpc) is 2.48. The SMILES string of the molecule is CCCCCCCCCCCCOc1ccc(Br)c(C)c1. The van der Waals surface area contributed by atoms with Gasteiger partial charge in [0.05, 0.1) is 6.61 Å². The minimum Gasteiger partial charge on any atom is -0.494 e. The van der Waals surface area contributed by atoms with Crippen LogP contribution in [-0.4, -0.2) is 6.61 Å². The van der Waals surface area contributed by atoms with E-state index in [1.807, 2.05) is 6.07 Å². The summed E-state index contributed by atoms with van der Waals surface area (Å²) in [5.41, 5.74) is 1.23. The van der Waals surface area contributed by atoms with Crippen LogP contribution in [0.2, 0.25) is 0 Å². The smallest absolute Gasteiger partial charge is 0.119 e. The van der Waals surface area contributed by atoms with E-state index in [1.54, 1.807) is 0 Å². The van der Waals surface area contributed by atoms with Crippen LogP contribution in [0.4, 0.5) is 0 Å². The van der Waals surface area contributed by atoms with E-state index in [9.17, 15) is 0 Å². The Kier molecular flexibility index (Phi) is 10.7. The van der Waals surface area contributed by atoms with Crippen LogP contribution >= 0.6 is 15.9 Å². The van der Waals surface area contributed by atoms with Crippen molar-refractivity contribution in [2.45, 2.75) is 78.1 Å². The van der Waals surface area contributed by atoms with Gasteiger partial charge in [0.15, 0.2) is 0 Å². The topological polar surface area (TPSA) is 9.23 Å². The fourth-order valence-electron chi connectivity index (χ4n) is 2.49. The molecule has 0 N–H and O–H groups in total. The lowest BCUT2D eigenvalue weighted by atomic mass is 10.1. The van der Waals surface area contributed by atoms with Crippen LogP contribution in [-0.2, 0) is 0 Å². The summed E-state index contributed by atoms with van der Waals surface area (Å²) in [6, 6.07) is 6.19. The van der Waals surface area contributed by atoms with Crippen molar-refractivity contribution < 1.29 is 4.74 Å². The Labute approximate surface area is 139 Å². The van der Waals surface area contributed by atoms with Gasteiger partial charge in [-0.05, 0) is 37.1 Å². The first-order chi connectivity index (χ1) is 10.2. The Hall–Kier alpha value is -0.500. The number of benzene rings is 1. The third-order valence-electron chi connectivity index (χ3n) is 3.90. The third kappa shape index (κ3) is 9.18. The molecule has 0 aliphatic carbocycles. The van der Waals surface area contributed by atoms with Crippen molar-refractivity contribution in [2.24, 2.45) is 0 Å². The van der Waals surface area contributed by atoms with Crippen LogP contribution in [0.1, 0.15) is 76.7 Å². The molecule has 2 heteroatoms. The van der Waals surface area contributed by atoms with Crippen molar-refractivity contribution in [3.05, 3.63) is 28.2 Å². The summed E-state index contributed by atoms with van der Waals surface area (Å²) in [4.78, 5) is 0. The van der Waals surface area contributed by atoms with E-state index < -0.39 is 0 Å². The highest BCUT2D eigenvalue weighted by atomic mass is 79.9. The second-order valence-electron chi connectivity index (χ2n) is 5.94. The van der Waals surface area contributed by atoms with Gasteiger partial charge in [0.1, 0.15) is 5.75 Å². The van der Waals surface area contributed by atoms with E-state index in [0.717, 1.165) is 16.8 Å². The molecule has 0 amide bonds. The quantitative estimate of drug-likeness (QED) is 0.365. The predicted octanol–water partition coefficient (Wildman–Crippen LogP) is 7.06. The first-order valence-electron chi connectivity index (χ1n) is 8.63. The van der Waals surface area contributed by atoms with E-state index in [-0.39, 0.29) is 0 Å². The molecule has 0 saturated carbocycles. The van der Waals surface area contributed by atoms with Crippen LogP contribution in [0.25, 0.3) is 0 Å². The van der Waals surface area contributed by atoms with E-state index in [2.05, 4.69) is 41.9 Å². The Balaban J connectivity index is 1.91. The van der Waals surface area contributed by atoms with Crippen LogP contribution in [0.5, 0.6) is 5.75 Å². The number of halogens is 1. The third-order valence-corrected chi connectivity index (χ3v) is 4.79. The largest absolute Gasteiger partial charge is 0.494 e. The minimum atomic E-state index is 0.845. The molecule has 0 atom stereocenters. The summed E-state index contributed by atoms with van der Waals surface area (Å²) < 4.78 is 6.94. The number of hydrogen-bond donors (Lipinski definition) is 0. The van der Waals surface area contributed by atoms with Gasteiger partial charge < -0.3 is 4.74 Å². The molecule has 0 radical (unpaired) electrons. The molecule has 0 spiro atoms. The van der Waals surface area contributed by atoms with Gasteiger partial charge in [-0.15, -0.1) is 0 Å². The molecular formula is C19H31BrO. The number of rotatable bonds is 12. The Morgan fingerprint density at radius 3 is 2.00 bits per heavy atom. The van der Waals surface area contributed by atoms with Crippen molar-refractivity contribution >= 4 is 15.9 Å². The lowest BCUT2D eigenvalue weighted by molar-refractivity contribution is 0.304. The molecule has 1 aromatic rings. The summed E-state index contributed by atoms with van der Waals surface area (Å²) in [5, 5.41) is 0. The summed E-state index contributed by atoms with van der Waals surface area (Å²) >= 11 is 3.51. The van der Waals surface area contributed by atoms with Crippen molar-refractivity contribution in [3.63, 3.8) is 0 Å². The van der Waals surface area contributed by atoms with Crippen LogP contribution in [0.3, 0.4) is 0 Å². The number of unbranched alkanes of at least 4 members (excludes halogenated alkanes) is 9. The molecule has 0 saturated heterocycles. The monoisotopic (exact) mass is 354 g/mol. The maximum absolute atomic E-state index is 5.79. The number of ether oxygens (including phenoxy) is 1. The van der Waals surface area contributed by atoms with E-state index >= 15 is 0 Å². The maximum atomic E-state index is 5.79. The molecule has 21 heavy (non-hydrogen) atoms. The zero-order valence-corrected chi connectivity index (χ0v) is 15.4. The average molecular weight is 355 g/mol. The zero-order chi connectivity index (χ0) is 15.3. The van der Waals surface area contributed by atoms with Crippen molar-refractivity contribution in [2.75, 3.05) is 6.61 Å². The second kappa shape index (κ2) is 12.1. The molecule has 1 rings (SSSR count). The highest BCUT2D eigenvalue weighted by Gasteiger charge is 1.98. The molecule has 120 valence electrons. The minimum absolute atomic E-state index is 0.845. The molecular weight excluding hydrogens is 324 g/mol. The lowest BCUT2D eigenvalue weighted by Crippen LogP contribution is -1.97. The fourth-order valence-corrected chi connectivity index (χ4v) is 2.73. The van der Waals surface area contributed by atoms with E-state index in [4.69, 9.17) is 4.74 Å². The highest BCUT2D eigenvalue weighted by Crippen LogP contribution is 2.21. The molecule has 1 aromatic carbocycles. The van der Waals surface area contributed by atoms with Gasteiger partial charge in [0.2, 0.25) is 0 Å². The summed E-state index contributed by atoms with van der Waals surface area (Å²) in [7, 11) is 0. The van der Waals surface area contributed by atoms with Gasteiger partial charge in [-0.1, -0.05) is 80.6 Å². The summed E-state index contributed by atoms with van der Waals surface area (Å²) in [6.07, 6.45) is 13.7. The number of aryl methyl sites for hydroxylation is 1. The molecule has 0 fully saturated rings. The zero-order valence-electron chi connectivity index (χ0n) is 13.8. The fraction of sp³-hybridized carbons (Fsp3) is 0.684. The molecule has 1 nitrogen and oxygen atoms in total. The van der Waals surface area contributed by atoms with Gasteiger partial charge in [-0.2, -0.15) is 0 Å². The van der Waals surface area contributed by atoms with Crippen LogP contribution in [0, 0.1) is 6.92 Å². The van der Waals surface area contributed by atoms with Crippen molar-refractivity contribution in [1.29, 1.82) is 0 Å². The summed E-state index contributed by atoms with van der Waals surface area (Å²) in [6.45, 7) is 5.21. The first kappa shape index (κ1) is 18.5. The lowest BCUT2D eigenvalue weighted by Gasteiger charge is -2.08. The normalized spacial score (nSPS) is 10.8. The Bertz CT molecular complexity index is 376. The Morgan fingerprint density at radius 2 is 1.43 bits per heavy atom. The van der Waals surface area contributed by atoms with E-state index in [0.29, 0.717) is 0 Å². The highest BCUT2D eigenvalue weighted by molar-refractivity contribution is 9.10. The van der Waals surface area contributed by atoms with Crippen molar-refractivity contribution in [3.8, 4) is 5.75 Å². The standard InChI is InChI=1S/C19H31BrO/c1-3-4-5-6-7-8-9-10-11-12-15-21-18-13-14-19(20)17(2)16-18/h13-14,16H,3-12,15H2,1-2H3. The van der Waals surface area contributed by atoms with Gasteiger partial charge in [-0.25, -0.2) is 0 Å². The Morgan fingerprint density at radius 1 is 0.857 bits per heavy atom.